The summed E-state index contributed by atoms with van der Waals surface area (Å²) in [6, 6.07) is 1.40. The van der Waals surface area contributed by atoms with E-state index in [1.54, 1.807) is 4.72 Å². The van der Waals surface area contributed by atoms with E-state index >= 15 is 0 Å². The summed E-state index contributed by atoms with van der Waals surface area (Å²) < 4.78 is 39.4. The first-order chi connectivity index (χ1) is 9.27. The molecule has 112 valence electrons. The topological polar surface area (TPSA) is 101 Å². The van der Waals surface area contributed by atoms with Gasteiger partial charge in [0.15, 0.2) is 0 Å². The zero-order valence-corrected chi connectivity index (χ0v) is 12.2. The van der Waals surface area contributed by atoms with Gasteiger partial charge in [-0.1, -0.05) is 13.3 Å². The number of amides is 2. The molecule has 0 aromatic heterocycles. The van der Waals surface area contributed by atoms with Gasteiger partial charge in [0.2, 0.25) is 0 Å². The number of nitrogens with two attached hydrogens (primary N) is 1. The van der Waals surface area contributed by atoms with Gasteiger partial charge < -0.3 is 11.1 Å². The standard InChI is InChI=1S/C12H18FN3O3S/c1-3-4-5-15-12(17)16-20(18,19)10-7-9(14)6-8(2)11(10)13/h6-7H,3-5,14H2,1-2H3,(H2,15,16,17). The van der Waals surface area contributed by atoms with Crippen molar-refractivity contribution in [3.8, 4) is 0 Å². The SMILES string of the molecule is CCCCNC(=O)NS(=O)(=O)c1cc(N)cc(C)c1F. The van der Waals surface area contributed by atoms with Gasteiger partial charge in [0.25, 0.3) is 10.0 Å². The number of aryl methyl sites for hydroxylation is 1. The van der Waals surface area contributed by atoms with Crippen LogP contribution in [0.15, 0.2) is 17.0 Å². The average Bonchev–Trinajstić information content (AvgIpc) is 2.33. The summed E-state index contributed by atoms with van der Waals surface area (Å²) in [6.07, 6.45) is 1.58. The number of rotatable bonds is 5. The third kappa shape index (κ3) is 4.09. The van der Waals surface area contributed by atoms with Crippen LogP contribution in [0.5, 0.6) is 0 Å². The first-order valence-corrected chi connectivity index (χ1v) is 7.62. The zero-order chi connectivity index (χ0) is 15.3. The molecule has 1 aromatic carbocycles. The summed E-state index contributed by atoms with van der Waals surface area (Å²) in [7, 11) is -4.29. The van der Waals surface area contributed by atoms with Crippen molar-refractivity contribution in [1.82, 2.24) is 10.0 Å². The summed E-state index contributed by atoms with van der Waals surface area (Å²) in [4.78, 5) is 10.8. The zero-order valence-electron chi connectivity index (χ0n) is 11.4. The number of unbranched alkanes of at least 4 members (excludes halogenated alkanes) is 1. The maximum Gasteiger partial charge on any atom is 0.328 e. The molecule has 1 aromatic rings. The van der Waals surface area contributed by atoms with Crippen LogP contribution in [0, 0.1) is 12.7 Å². The summed E-state index contributed by atoms with van der Waals surface area (Å²) >= 11 is 0. The Kier molecular flexibility index (Phi) is 5.32. The fraction of sp³-hybridized carbons (Fsp3) is 0.417. The van der Waals surface area contributed by atoms with Crippen molar-refractivity contribution in [3.05, 3.63) is 23.5 Å². The molecule has 0 aliphatic carbocycles. The molecule has 20 heavy (non-hydrogen) atoms. The summed E-state index contributed by atoms with van der Waals surface area (Å²) in [6.45, 7) is 3.67. The number of hydrogen-bond acceptors (Lipinski definition) is 4. The smallest absolute Gasteiger partial charge is 0.328 e. The van der Waals surface area contributed by atoms with Crippen LogP contribution in [-0.2, 0) is 10.0 Å². The highest BCUT2D eigenvalue weighted by Crippen LogP contribution is 2.21. The van der Waals surface area contributed by atoms with E-state index in [9.17, 15) is 17.6 Å². The number of carbonyl (C=O) groups excluding carboxylic acids is 1. The number of urea groups is 1. The van der Waals surface area contributed by atoms with Crippen LogP contribution < -0.4 is 15.8 Å². The van der Waals surface area contributed by atoms with Gasteiger partial charge >= 0.3 is 6.03 Å². The number of benzene rings is 1. The fourth-order valence-corrected chi connectivity index (χ4v) is 2.67. The summed E-state index contributed by atoms with van der Waals surface area (Å²) in [5.74, 6) is -0.923. The predicted molar refractivity (Wildman–Crippen MR) is 74.2 cm³/mol. The van der Waals surface area contributed by atoms with Crippen LogP contribution in [-0.4, -0.2) is 21.0 Å². The summed E-state index contributed by atoms with van der Waals surface area (Å²) in [5, 5.41) is 2.38. The predicted octanol–water partition coefficient (Wildman–Crippen LogP) is 1.50. The van der Waals surface area contributed by atoms with Crippen molar-refractivity contribution in [2.45, 2.75) is 31.6 Å². The number of carbonyl (C=O) groups is 1. The molecule has 0 saturated heterocycles. The normalized spacial score (nSPS) is 11.2. The lowest BCUT2D eigenvalue weighted by atomic mass is 10.2. The van der Waals surface area contributed by atoms with E-state index in [4.69, 9.17) is 5.73 Å². The maximum absolute atomic E-state index is 13.8. The molecule has 0 radical (unpaired) electrons. The van der Waals surface area contributed by atoms with E-state index in [0.717, 1.165) is 18.9 Å². The third-order valence-corrected chi connectivity index (χ3v) is 3.91. The maximum atomic E-state index is 13.8. The Balaban J connectivity index is 2.92. The van der Waals surface area contributed by atoms with Gasteiger partial charge in [0.05, 0.1) is 0 Å². The van der Waals surface area contributed by atoms with Crippen LogP contribution in [0.25, 0.3) is 0 Å². The molecule has 0 unspecified atom stereocenters. The van der Waals surface area contributed by atoms with E-state index in [1.807, 2.05) is 6.92 Å². The molecule has 0 spiro atoms. The lowest BCUT2D eigenvalue weighted by Gasteiger charge is -2.10. The van der Waals surface area contributed by atoms with Gasteiger partial charge in [-0.2, -0.15) is 0 Å². The number of halogens is 1. The third-order valence-electron chi connectivity index (χ3n) is 2.58. The van der Waals surface area contributed by atoms with Gasteiger partial charge in [0.1, 0.15) is 10.7 Å². The monoisotopic (exact) mass is 303 g/mol. The van der Waals surface area contributed by atoms with Crippen molar-refractivity contribution >= 4 is 21.7 Å². The van der Waals surface area contributed by atoms with Gasteiger partial charge in [-0.3, -0.25) is 0 Å². The Morgan fingerprint density at radius 3 is 2.65 bits per heavy atom. The Bertz CT molecular complexity index is 602. The number of nitrogens with one attached hydrogen (secondary N) is 2. The largest absolute Gasteiger partial charge is 0.399 e. The molecule has 0 bridgehead atoms. The number of anilines is 1. The van der Waals surface area contributed by atoms with E-state index in [2.05, 4.69) is 5.32 Å². The fourth-order valence-electron chi connectivity index (χ4n) is 1.55. The van der Waals surface area contributed by atoms with Gasteiger partial charge in [-0.25, -0.2) is 22.3 Å². The first kappa shape index (κ1) is 16.2. The highest BCUT2D eigenvalue weighted by Gasteiger charge is 2.23. The second-order valence-electron chi connectivity index (χ2n) is 4.36. The van der Waals surface area contributed by atoms with Gasteiger partial charge in [0, 0.05) is 12.2 Å². The first-order valence-electron chi connectivity index (χ1n) is 6.14. The van der Waals surface area contributed by atoms with Crippen molar-refractivity contribution in [1.29, 1.82) is 0 Å². The van der Waals surface area contributed by atoms with Crippen molar-refractivity contribution in [2.75, 3.05) is 12.3 Å². The molecule has 0 aliphatic heterocycles. The Morgan fingerprint density at radius 2 is 2.05 bits per heavy atom. The van der Waals surface area contributed by atoms with Crippen LogP contribution in [0.2, 0.25) is 0 Å². The second kappa shape index (κ2) is 6.56. The minimum Gasteiger partial charge on any atom is -0.399 e. The molecule has 0 atom stereocenters. The second-order valence-corrected chi connectivity index (χ2v) is 6.02. The Labute approximate surface area is 117 Å². The van der Waals surface area contributed by atoms with E-state index < -0.39 is 26.8 Å². The molecular weight excluding hydrogens is 285 g/mol. The molecule has 6 nitrogen and oxygen atoms in total. The van der Waals surface area contributed by atoms with Crippen molar-refractivity contribution < 1.29 is 17.6 Å². The van der Waals surface area contributed by atoms with Crippen molar-refractivity contribution in [2.24, 2.45) is 0 Å². The quantitative estimate of drug-likeness (QED) is 0.567. The Hall–Kier alpha value is -1.83. The van der Waals surface area contributed by atoms with E-state index in [-0.39, 0.29) is 11.3 Å². The van der Waals surface area contributed by atoms with E-state index in [0.29, 0.717) is 6.54 Å². The van der Waals surface area contributed by atoms with Crippen molar-refractivity contribution in [3.63, 3.8) is 0 Å². The van der Waals surface area contributed by atoms with Crippen LogP contribution in [0.3, 0.4) is 0 Å². The molecule has 1 rings (SSSR count). The number of sulfonamides is 1. The minimum absolute atomic E-state index is 0.0942. The lowest BCUT2D eigenvalue weighted by Crippen LogP contribution is -2.40. The molecule has 4 N–H and O–H groups in total. The lowest BCUT2D eigenvalue weighted by molar-refractivity contribution is 0.245. The average molecular weight is 303 g/mol. The molecular formula is C12H18FN3O3S. The number of nitrogen functional groups attached to an aromatic ring is 1. The van der Waals surface area contributed by atoms with Gasteiger partial charge in [-0.05, 0) is 31.0 Å². The van der Waals surface area contributed by atoms with E-state index in [1.165, 1.54) is 13.0 Å². The highest BCUT2D eigenvalue weighted by atomic mass is 32.2. The van der Waals surface area contributed by atoms with Crippen LogP contribution in [0.1, 0.15) is 25.3 Å². The van der Waals surface area contributed by atoms with Crippen LogP contribution in [0.4, 0.5) is 14.9 Å². The highest BCUT2D eigenvalue weighted by molar-refractivity contribution is 7.90. The van der Waals surface area contributed by atoms with Gasteiger partial charge in [-0.15, -0.1) is 0 Å². The number of hydrogen-bond donors (Lipinski definition) is 3. The summed E-state index contributed by atoms with van der Waals surface area (Å²) in [5.41, 5.74) is 5.70. The molecule has 0 saturated carbocycles. The molecule has 8 heteroatoms. The molecule has 2 amide bonds. The Morgan fingerprint density at radius 1 is 1.40 bits per heavy atom. The molecule has 0 heterocycles. The molecule has 0 aliphatic rings. The minimum atomic E-state index is -4.29. The molecule has 0 fully saturated rings. The van der Waals surface area contributed by atoms with Crippen LogP contribution >= 0.6 is 0 Å².